The Kier molecular flexibility index (Phi) is 4.27. The quantitative estimate of drug-likeness (QED) is 0.725. The van der Waals surface area contributed by atoms with E-state index in [2.05, 4.69) is 0 Å². The molecule has 0 aliphatic heterocycles. The molecule has 0 spiro atoms. The molecule has 0 saturated carbocycles. The number of hydrogen-bond acceptors (Lipinski definition) is 3. The van der Waals surface area contributed by atoms with Gasteiger partial charge in [0.2, 0.25) is 0 Å². The molecule has 0 unspecified atom stereocenters. The summed E-state index contributed by atoms with van der Waals surface area (Å²) in [4.78, 5) is 36.7. The highest BCUT2D eigenvalue weighted by molar-refractivity contribution is 5.97. The number of nitrogens with zero attached hydrogens (tertiary/aromatic N) is 2. The van der Waals surface area contributed by atoms with E-state index in [-0.39, 0.29) is 23.6 Å². The van der Waals surface area contributed by atoms with Gasteiger partial charge in [0.25, 0.3) is 5.56 Å². The summed E-state index contributed by atoms with van der Waals surface area (Å²) in [5.74, 6) is -1.26. The molecule has 3 rings (SSSR count). The lowest BCUT2D eigenvalue weighted by Crippen LogP contribution is -2.27. The molecule has 6 heteroatoms. The Morgan fingerprint density at radius 2 is 1.80 bits per heavy atom. The van der Waals surface area contributed by atoms with Crippen LogP contribution >= 0.6 is 0 Å². The van der Waals surface area contributed by atoms with E-state index in [9.17, 15) is 19.5 Å². The van der Waals surface area contributed by atoms with Gasteiger partial charge in [0.15, 0.2) is 5.78 Å². The molecule has 0 fully saturated rings. The highest BCUT2D eigenvalue weighted by Gasteiger charge is 2.18. The summed E-state index contributed by atoms with van der Waals surface area (Å²) in [7, 11) is 1.62. The van der Waals surface area contributed by atoms with Crippen molar-refractivity contribution in [2.24, 2.45) is 7.05 Å². The molecule has 0 amide bonds. The van der Waals surface area contributed by atoms with Crippen LogP contribution in [0, 0.1) is 0 Å². The number of hydrogen-bond donors (Lipinski definition) is 1. The first-order chi connectivity index (χ1) is 11.9. The maximum absolute atomic E-state index is 12.9. The molecule has 0 aliphatic rings. The minimum atomic E-state index is -1.09. The Hall–Kier alpha value is -3.15. The van der Waals surface area contributed by atoms with Gasteiger partial charge in [-0.3, -0.25) is 9.59 Å². The zero-order valence-electron chi connectivity index (χ0n) is 14.0. The first-order valence-corrected chi connectivity index (χ1v) is 7.97. The van der Waals surface area contributed by atoms with Crippen LogP contribution in [0.25, 0.3) is 10.9 Å². The number of rotatable bonds is 5. The van der Waals surface area contributed by atoms with Gasteiger partial charge in [-0.2, -0.15) is 0 Å². The Morgan fingerprint density at radius 1 is 1.12 bits per heavy atom. The van der Waals surface area contributed by atoms with E-state index in [4.69, 9.17) is 0 Å². The maximum atomic E-state index is 12.9. The molecule has 6 nitrogen and oxygen atoms in total. The summed E-state index contributed by atoms with van der Waals surface area (Å²) in [6, 6.07) is 11.9. The molecule has 0 saturated heterocycles. The van der Waals surface area contributed by atoms with Crippen molar-refractivity contribution >= 4 is 22.7 Å². The van der Waals surface area contributed by atoms with Crippen LogP contribution in [0.4, 0.5) is 0 Å². The SMILES string of the molecule is CCc1cc2c(cc(C(=O)O)n2C)c(=O)n1CC(=O)c1ccccc1. The van der Waals surface area contributed by atoms with Gasteiger partial charge in [-0.15, -0.1) is 0 Å². The standard InChI is InChI=1S/C19H18N2O4/c1-3-13-9-15-14(10-16(19(24)25)20(15)2)18(23)21(13)11-17(22)12-7-5-4-6-8-12/h4-10H,3,11H2,1-2H3,(H,24,25). The van der Waals surface area contributed by atoms with E-state index < -0.39 is 5.97 Å². The number of pyridine rings is 1. The van der Waals surface area contributed by atoms with Gasteiger partial charge in [-0.1, -0.05) is 37.3 Å². The van der Waals surface area contributed by atoms with Crippen LogP contribution < -0.4 is 5.56 Å². The van der Waals surface area contributed by atoms with Crippen molar-refractivity contribution in [2.75, 3.05) is 0 Å². The van der Waals surface area contributed by atoms with Gasteiger partial charge in [0, 0.05) is 18.3 Å². The molecule has 0 aliphatic carbocycles. The van der Waals surface area contributed by atoms with Crippen molar-refractivity contribution in [1.29, 1.82) is 0 Å². The van der Waals surface area contributed by atoms with E-state index in [0.717, 1.165) is 0 Å². The molecule has 3 aromatic rings. The van der Waals surface area contributed by atoms with Crippen molar-refractivity contribution in [2.45, 2.75) is 19.9 Å². The van der Waals surface area contributed by atoms with E-state index in [1.165, 1.54) is 15.2 Å². The van der Waals surface area contributed by atoms with Crippen molar-refractivity contribution < 1.29 is 14.7 Å². The summed E-state index contributed by atoms with van der Waals surface area (Å²) in [5, 5.41) is 9.57. The van der Waals surface area contributed by atoms with Crippen molar-refractivity contribution in [3.63, 3.8) is 0 Å². The molecule has 0 radical (unpaired) electrons. The van der Waals surface area contributed by atoms with Crippen LogP contribution in [-0.2, 0) is 20.0 Å². The number of carboxylic acids is 1. The van der Waals surface area contributed by atoms with Gasteiger partial charge in [-0.05, 0) is 18.6 Å². The fraction of sp³-hybridized carbons (Fsp3) is 0.211. The minimum Gasteiger partial charge on any atom is -0.477 e. The molecule has 1 N–H and O–H groups in total. The first-order valence-electron chi connectivity index (χ1n) is 7.97. The number of aryl methyl sites for hydroxylation is 2. The Labute approximate surface area is 143 Å². The number of ketones is 1. The lowest BCUT2D eigenvalue weighted by Gasteiger charge is -2.12. The molecular formula is C19H18N2O4. The molecule has 128 valence electrons. The topological polar surface area (TPSA) is 81.3 Å². The fourth-order valence-corrected chi connectivity index (χ4v) is 3.01. The second kappa shape index (κ2) is 6.39. The monoisotopic (exact) mass is 338 g/mol. The van der Waals surface area contributed by atoms with Gasteiger partial charge in [-0.25, -0.2) is 4.79 Å². The largest absolute Gasteiger partial charge is 0.477 e. The number of fused-ring (bicyclic) bond motifs is 1. The lowest BCUT2D eigenvalue weighted by atomic mass is 10.1. The zero-order chi connectivity index (χ0) is 18.1. The molecule has 25 heavy (non-hydrogen) atoms. The van der Waals surface area contributed by atoms with Crippen LogP contribution in [0.15, 0.2) is 47.3 Å². The third-order valence-corrected chi connectivity index (χ3v) is 4.38. The number of carboxylic acid groups (broad SMARTS) is 1. The second-order valence-electron chi connectivity index (χ2n) is 5.86. The van der Waals surface area contributed by atoms with Crippen LogP contribution in [0.2, 0.25) is 0 Å². The first kappa shape index (κ1) is 16.7. The molecular weight excluding hydrogens is 320 g/mol. The average Bonchev–Trinajstić information content (AvgIpc) is 2.95. The molecule has 2 heterocycles. The second-order valence-corrected chi connectivity index (χ2v) is 5.86. The van der Waals surface area contributed by atoms with Gasteiger partial charge in [0.05, 0.1) is 17.4 Å². The molecule has 1 aromatic carbocycles. The van der Waals surface area contributed by atoms with Crippen LogP contribution in [0.1, 0.15) is 33.5 Å². The van der Waals surface area contributed by atoms with E-state index in [1.54, 1.807) is 37.4 Å². The highest BCUT2D eigenvalue weighted by Crippen LogP contribution is 2.18. The van der Waals surface area contributed by atoms with Crippen molar-refractivity contribution in [3.05, 3.63) is 69.8 Å². The van der Waals surface area contributed by atoms with E-state index in [0.29, 0.717) is 28.6 Å². The summed E-state index contributed by atoms with van der Waals surface area (Å²) < 4.78 is 2.92. The predicted molar refractivity (Wildman–Crippen MR) is 94.3 cm³/mol. The number of aromatic nitrogens is 2. The van der Waals surface area contributed by atoms with Crippen LogP contribution in [0.5, 0.6) is 0 Å². The fourth-order valence-electron chi connectivity index (χ4n) is 3.01. The number of carbonyl (C=O) groups is 2. The maximum Gasteiger partial charge on any atom is 0.352 e. The van der Waals surface area contributed by atoms with Crippen LogP contribution in [-0.4, -0.2) is 26.0 Å². The normalized spacial score (nSPS) is 11.0. The third-order valence-electron chi connectivity index (χ3n) is 4.38. The summed E-state index contributed by atoms with van der Waals surface area (Å²) in [6.07, 6.45) is 0.556. The molecule has 0 atom stereocenters. The lowest BCUT2D eigenvalue weighted by molar-refractivity contribution is 0.0687. The average molecular weight is 338 g/mol. The van der Waals surface area contributed by atoms with Crippen molar-refractivity contribution in [3.8, 4) is 0 Å². The summed E-state index contributed by atoms with van der Waals surface area (Å²) in [5.41, 5.74) is 1.49. The molecule has 2 aromatic heterocycles. The Bertz CT molecular complexity index is 1030. The Balaban J connectivity index is 2.15. The number of Topliss-reactive ketones (excluding diaryl/α,β-unsaturated/α-hetero) is 1. The van der Waals surface area contributed by atoms with Gasteiger partial charge >= 0.3 is 5.97 Å². The minimum absolute atomic E-state index is 0.0429. The molecule has 0 bridgehead atoms. The predicted octanol–water partition coefficient (Wildman–Crippen LogP) is 2.48. The van der Waals surface area contributed by atoms with Crippen molar-refractivity contribution in [1.82, 2.24) is 9.13 Å². The van der Waals surface area contributed by atoms with E-state index >= 15 is 0 Å². The van der Waals surface area contributed by atoms with Gasteiger partial charge in [0.1, 0.15) is 5.69 Å². The van der Waals surface area contributed by atoms with Gasteiger partial charge < -0.3 is 14.2 Å². The number of aromatic carboxylic acids is 1. The van der Waals surface area contributed by atoms with Crippen LogP contribution in [0.3, 0.4) is 0 Å². The summed E-state index contributed by atoms with van der Waals surface area (Å²) in [6.45, 7) is 1.82. The third kappa shape index (κ3) is 2.87. The smallest absolute Gasteiger partial charge is 0.352 e. The summed E-state index contributed by atoms with van der Waals surface area (Å²) >= 11 is 0. The highest BCUT2D eigenvalue weighted by atomic mass is 16.4. The Morgan fingerprint density at radius 3 is 2.40 bits per heavy atom. The number of benzene rings is 1. The van der Waals surface area contributed by atoms with E-state index in [1.807, 2.05) is 13.0 Å². The zero-order valence-corrected chi connectivity index (χ0v) is 14.0. The number of carbonyl (C=O) groups excluding carboxylic acids is 1.